The Morgan fingerprint density at radius 1 is 1.28 bits per heavy atom. The second-order valence-electron chi connectivity index (χ2n) is 7.09. The third kappa shape index (κ3) is 4.99. The van der Waals surface area contributed by atoms with E-state index in [9.17, 15) is 14.0 Å². The molecule has 3 heterocycles. The third-order valence-corrected chi connectivity index (χ3v) is 5.02. The van der Waals surface area contributed by atoms with Crippen LogP contribution in [-0.2, 0) is 11.8 Å². The molecule has 0 aromatic carbocycles. The van der Waals surface area contributed by atoms with Gasteiger partial charge in [0.05, 0.1) is 24.1 Å². The SMILES string of the molecule is CC#CCCCC(=O)N[C@@H]1CN(C(=O)c2cncc(F)c2)C[C@H]1c1cncn1C. The predicted molar refractivity (Wildman–Crippen MR) is 105 cm³/mol. The number of imidazole rings is 1. The molecule has 1 saturated heterocycles. The van der Waals surface area contributed by atoms with Gasteiger partial charge in [0.15, 0.2) is 0 Å². The number of pyridine rings is 1. The average Bonchev–Trinajstić information content (AvgIpc) is 3.30. The summed E-state index contributed by atoms with van der Waals surface area (Å²) in [4.78, 5) is 34.8. The lowest BCUT2D eigenvalue weighted by Gasteiger charge is -2.19. The van der Waals surface area contributed by atoms with Gasteiger partial charge in [-0.15, -0.1) is 11.8 Å². The highest BCUT2D eigenvalue weighted by atomic mass is 19.1. The molecular weight excluding hydrogens is 373 g/mol. The minimum Gasteiger partial charge on any atom is -0.351 e. The Bertz CT molecular complexity index is 946. The van der Waals surface area contributed by atoms with Crippen molar-refractivity contribution in [1.29, 1.82) is 0 Å². The summed E-state index contributed by atoms with van der Waals surface area (Å²) in [6, 6.07) is 0.926. The number of unbranched alkanes of at least 4 members (excludes halogenated alkanes) is 1. The minimum absolute atomic E-state index is 0.0678. The van der Waals surface area contributed by atoms with Crippen LogP contribution in [0.15, 0.2) is 31.0 Å². The number of nitrogens with one attached hydrogen (secondary N) is 1. The first-order valence-electron chi connectivity index (χ1n) is 9.54. The van der Waals surface area contributed by atoms with Crippen molar-refractivity contribution in [1.82, 2.24) is 24.8 Å². The second kappa shape index (κ2) is 9.32. The van der Waals surface area contributed by atoms with Gasteiger partial charge in [0.2, 0.25) is 5.91 Å². The van der Waals surface area contributed by atoms with E-state index in [0.29, 0.717) is 32.4 Å². The first-order valence-corrected chi connectivity index (χ1v) is 9.54. The molecule has 1 N–H and O–H groups in total. The lowest BCUT2D eigenvalue weighted by atomic mass is 10.00. The summed E-state index contributed by atoms with van der Waals surface area (Å²) < 4.78 is 15.4. The molecule has 1 aliphatic heterocycles. The van der Waals surface area contributed by atoms with Gasteiger partial charge >= 0.3 is 0 Å². The molecule has 8 heteroatoms. The zero-order valence-electron chi connectivity index (χ0n) is 16.6. The Balaban J connectivity index is 1.74. The van der Waals surface area contributed by atoms with E-state index in [2.05, 4.69) is 27.1 Å². The van der Waals surface area contributed by atoms with E-state index < -0.39 is 5.82 Å². The molecule has 0 saturated carbocycles. The Hall–Kier alpha value is -3.21. The Labute approximate surface area is 169 Å². The fraction of sp³-hybridized carbons (Fsp3) is 0.429. The number of hydrogen-bond acceptors (Lipinski definition) is 4. The van der Waals surface area contributed by atoms with Crippen LogP contribution in [0, 0.1) is 17.7 Å². The lowest BCUT2D eigenvalue weighted by Crippen LogP contribution is -2.40. The van der Waals surface area contributed by atoms with Gasteiger partial charge < -0.3 is 14.8 Å². The maximum Gasteiger partial charge on any atom is 0.255 e. The van der Waals surface area contributed by atoms with Gasteiger partial charge in [0.25, 0.3) is 5.91 Å². The van der Waals surface area contributed by atoms with E-state index in [1.807, 2.05) is 11.6 Å². The molecule has 1 fully saturated rings. The van der Waals surface area contributed by atoms with Gasteiger partial charge in [-0.3, -0.25) is 14.6 Å². The Morgan fingerprint density at radius 3 is 2.79 bits per heavy atom. The number of aromatic nitrogens is 3. The molecule has 1 aliphatic rings. The van der Waals surface area contributed by atoms with Crippen molar-refractivity contribution in [2.45, 2.75) is 38.1 Å². The van der Waals surface area contributed by atoms with Crippen LogP contribution < -0.4 is 5.32 Å². The van der Waals surface area contributed by atoms with E-state index >= 15 is 0 Å². The van der Waals surface area contributed by atoms with Crippen molar-refractivity contribution in [2.24, 2.45) is 7.05 Å². The normalized spacial score (nSPS) is 18.2. The van der Waals surface area contributed by atoms with Gasteiger partial charge in [-0.2, -0.15) is 0 Å². The van der Waals surface area contributed by atoms with Gasteiger partial charge in [0.1, 0.15) is 5.82 Å². The van der Waals surface area contributed by atoms with Crippen LogP contribution >= 0.6 is 0 Å². The molecule has 0 radical (unpaired) electrons. The van der Waals surface area contributed by atoms with E-state index in [0.717, 1.165) is 11.9 Å². The first-order chi connectivity index (χ1) is 14.0. The molecule has 0 unspecified atom stereocenters. The third-order valence-electron chi connectivity index (χ3n) is 5.02. The molecule has 2 aromatic rings. The number of hydrogen-bond donors (Lipinski definition) is 1. The van der Waals surface area contributed by atoms with Gasteiger partial charge in [-0.05, 0) is 19.4 Å². The van der Waals surface area contributed by atoms with Crippen LogP contribution in [0.2, 0.25) is 0 Å². The van der Waals surface area contributed by atoms with Crippen LogP contribution in [0.25, 0.3) is 0 Å². The Morgan fingerprint density at radius 2 is 2.10 bits per heavy atom. The molecule has 152 valence electrons. The second-order valence-corrected chi connectivity index (χ2v) is 7.09. The summed E-state index contributed by atoms with van der Waals surface area (Å²) >= 11 is 0. The number of likely N-dealkylation sites (tertiary alicyclic amines) is 1. The lowest BCUT2D eigenvalue weighted by molar-refractivity contribution is -0.121. The van der Waals surface area contributed by atoms with E-state index in [1.54, 1.807) is 24.3 Å². The van der Waals surface area contributed by atoms with Gasteiger partial charge in [-0.1, -0.05) is 0 Å². The number of halogens is 1. The monoisotopic (exact) mass is 397 g/mol. The molecule has 2 amide bonds. The van der Waals surface area contributed by atoms with Crippen molar-refractivity contribution in [3.05, 3.63) is 48.1 Å². The van der Waals surface area contributed by atoms with E-state index in [4.69, 9.17) is 0 Å². The van der Waals surface area contributed by atoms with Crippen molar-refractivity contribution in [3.63, 3.8) is 0 Å². The van der Waals surface area contributed by atoms with Crippen molar-refractivity contribution < 1.29 is 14.0 Å². The van der Waals surface area contributed by atoms with Gasteiger partial charge in [-0.25, -0.2) is 9.37 Å². The average molecular weight is 397 g/mol. The summed E-state index contributed by atoms with van der Waals surface area (Å²) in [6.07, 6.45) is 7.60. The first kappa shape index (κ1) is 20.5. The molecular formula is C21H24FN5O2. The molecule has 2 atom stereocenters. The number of carbonyl (C=O) groups excluding carboxylic acids is 2. The number of aryl methyl sites for hydroxylation is 1. The molecule has 0 spiro atoms. The molecule has 7 nitrogen and oxygen atoms in total. The highest BCUT2D eigenvalue weighted by Crippen LogP contribution is 2.28. The fourth-order valence-electron chi connectivity index (χ4n) is 3.59. The fourth-order valence-corrected chi connectivity index (χ4v) is 3.59. The molecule has 3 rings (SSSR count). The summed E-state index contributed by atoms with van der Waals surface area (Å²) in [5, 5.41) is 3.06. The summed E-state index contributed by atoms with van der Waals surface area (Å²) in [5.74, 6) is 4.73. The van der Waals surface area contributed by atoms with Crippen LogP contribution in [0.1, 0.15) is 48.2 Å². The number of carbonyl (C=O) groups is 2. The highest BCUT2D eigenvalue weighted by Gasteiger charge is 2.38. The highest BCUT2D eigenvalue weighted by molar-refractivity contribution is 5.94. The maximum atomic E-state index is 13.5. The van der Waals surface area contributed by atoms with E-state index in [1.165, 1.54) is 12.3 Å². The van der Waals surface area contributed by atoms with Gasteiger partial charge in [0, 0.05) is 57.0 Å². The van der Waals surface area contributed by atoms with Crippen LogP contribution in [0.5, 0.6) is 0 Å². The summed E-state index contributed by atoms with van der Waals surface area (Å²) in [5.41, 5.74) is 1.12. The standard InChI is InChI=1S/C21H24FN5O2/c1-3-4-5-6-7-20(28)25-18-13-27(12-17(18)19-11-24-14-26(19)2)21(29)15-8-16(22)10-23-9-15/h8-11,14,17-18H,5-7,12-13H2,1-2H3,(H,25,28)/t17-,18-/m1/s1. The predicted octanol–water partition coefficient (Wildman–Crippen LogP) is 1.87. The number of amides is 2. The zero-order valence-corrected chi connectivity index (χ0v) is 16.6. The van der Waals surface area contributed by atoms with Crippen LogP contribution in [0.4, 0.5) is 4.39 Å². The molecule has 0 aliphatic carbocycles. The minimum atomic E-state index is -0.557. The molecule has 29 heavy (non-hydrogen) atoms. The van der Waals surface area contributed by atoms with Crippen LogP contribution in [-0.4, -0.2) is 50.4 Å². The topological polar surface area (TPSA) is 80.1 Å². The number of nitrogens with zero attached hydrogens (tertiary/aromatic N) is 4. The summed E-state index contributed by atoms with van der Waals surface area (Å²) in [6.45, 7) is 2.52. The molecule has 0 bridgehead atoms. The van der Waals surface area contributed by atoms with Crippen molar-refractivity contribution in [3.8, 4) is 11.8 Å². The smallest absolute Gasteiger partial charge is 0.255 e. The zero-order chi connectivity index (χ0) is 20.8. The number of rotatable bonds is 6. The summed E-state index contributed by atoms with van der Waals surface area (Å²) in [7, 11) is 1.88. The quantitative estimate of drug-likeness (QED) is 0.596. The van der Waals surface area contributed by atoms with Crippen LogP contribution in [0.3, 0.4) is 0 Å². The van der Waals surface area contributed by atoms with E-state index in [-0.39, 0.29) is 29.3 Å². The van der Waals surface area contributed by atoms with Crippen molar-refractivity contribution in [2.75, 3.05) is 13.1 Å². The molecule has 2 aromatic heterocycles. The van der Waals surface area contributed by atoms with Crippen molar-refractivity contribution >= 4 is 11.8 Å². The maximum absolute atomic E-state index is 13.5. The largest absolute Gasteiger partial charge is 0.351 e. The Kier molecular flexibility index (Phi) is 6.60.